The number of hydrogen-bond donors (Lipinski definition) is 1. The molecule has 0 bridgehead atoms. The molecule has 0 aliphatic rings. The van der Waals surface area contributed by atoms with E-state index < -0.39 is 11.9 Å². The van der Waals surface area contributed by atoms with Gasteiger partial charge >= 0.3 is 5.97 Å². The van der Waals surface area contributed by atoms with Crippen LogP contribution in [0.25, 0.3) is 10.8 Å². The van der Waals surface area contributed by atoms with Gasteiger partial charge in [-0.25, -0.2) is 0 Å². The van der Waals surface area contributed by atoms with E-state index in [9.17, 15) is 9.59 Å². The lowest BCUT2D eigenvalue weighted by molar-refractivity contribution is -0.138. The van der Waals surface area contributed by atoms with Gasteiger partial charge in [0.2, 0.25) is 0 Å². The minimum Gasteiger partial charge on any atom is -0.497 e. The molecule has 1 N–H and O–H groups in total. The van der Waals surface area contributed by atoms with Gasteiger partial charge in [-0.3, -0.25) is 9.59 Å². The van der Waals surface area contributed by atoms with Gasteiger partial charge in [0.25, 0.3) is 0 Å². The van der Waals surface area contributed by atoms with E-state index in [-0.39, 0.29) is 0 Å². The lowest BCUT2D eigenvalue weighted by Gasteiger charge is -2.11. The van der Waals surface area contributed by atoms with Gasteiger partial charge in [0, 0.05) is 12.8 Å². The molecule has 3 rings (SSSR count). The van der Waals surface area contributed by atoms with E-state index in [0.717, 1.165) is 27.6 Å². The van der Waals surface area contributed by atoms with E-state index in [2.05, 4.69) is 0 Å². The van der Waals surface area contributed by atoms with Crippen molar-refractivity contribution in [3.05, 3.63) is 77.9 Å². The monoisotopic (exact) mass is 378 g/mol. The summed E-state index contributed by atoms with van der Waals surface area (Å²) >= 11 is 0. The minimum atomic E-state index is -0.812. The van der Waals surface area contributed by atoms with E-state index in [1.54, 1.807) is 14.0 Å². The number of methoxy groups -OCH3 is 1. The molecule has 28 heavy (non-hydrogen) atoms. The summed E-state index contributed by atoms with van der Waals surface area (Å²) in [5.74, 6) is -0.241. The second-order valence-electron chi connectivity index (χ2n) is 6.55. The van der Waals surface area contributed by atoms with Crippen LogP contribution in [0.2, 0.25) is 0 Å². The Kier molecular flexibility index (Phi) is 7.76. The Labute approximate surface area is 165 Å². The van der Waals surface area contributed by atoms with Crippen molar-refractivity contribution in [1.82, 2.24) is 0 Å². The van der Waals surface area contributed by atoms with Crippen molar-refractivity contribution in [3.8, 4) is 5.75 Å². The Balaban J connectivity index is 0.000000221. The number of fused-ring (bicyclic) bond motifs is 1. The number of carboxylic acids is 1. The van der Waals surface area contributed by atoms with Crippen LogP contribution in [0.15, 0.2) is 66.7 Å². The molecule has 3 aromatic carbocycles. The third-order valence-electron chi connectivity index (χ3n) is 4.60. The summed E-state index contributed by atoms with van der Waals surface area (Å²) in [5.41, 5.74) is 1.94. The van der Waals surface area contributed by atoms with Crippen LogP contribution in [0.4, 0.5) is 0 Å². The molecule has 146 valence electrons. The first-order chi connectivity index (χ1) is 13.5. The van der Waals surface area contributed by atoms with Gasteiger partial charge in [-0.15, -0.1) is 0 Å². The lowest BCUT2D eigenvalue weighted by atomic mass is 9.95. The molecule has 0 amide bonds. The number of Topliss-reactive ketones (excluding diaryl/α,β-unsaturated/α-hetero) is 1. The zero-order chi connectivity index (χ0) is 20.5. The first-order valence-electron chi connectivity index (χ1n) is 9.31. The molecule has 4 heteroatoms. The molecular weight excluding hydrogens is 352 g/mol. The fourth-order valence-corrected chi connectivity index (χ4v) is 2.87. The van der Waals surface area contributed by atoms with Crippen molar-refractivity contribution >= 4 is 22.5 Å². The van der Waals surface area contributed by atoms with Crippen molar-refractivity contribution in [3.63, 3.8) is 0 Å². The molecule has 1 atom stereocenters. The van der Waals surface area contributed by atoms with Crippen LogP contribution in [0.3, 0.4) is 0 Å². The third kappa shape index (κ3) is 5.68. The molecule has 0 radical (unpaired) electrons. The molecule has 0 heterocycles. The molecule has 0 saturated heterocycles. The molecule has 4 nitrogen and oxygen atoms in total. The summed E-state index contributed by atoms with van der Waals surface area (Å²) in [6.07, 6.45) is 1.21. The van der Waals surface area contributed by atoms with Crippen LogP contribution in [-0.4, -0.2) is 24.0 Å². The van der Waals surface area contributed by atoms with Crippen LogP contribution >= 0.6 is 0 Å². The van der Waals surface area contributed by atoms with Crippen LogP contribution in [0.5, 0.6) is 5.75 Å². The van der Waals surface area contributed by atoms with Gasteiger partial charge in [0.15, 0.2) is 0 Å². The predicted molar refractivity (Wildman–Crippen MR) is 112 cm³/mol. The zero-order valence-corrected chi connectivity index (χ0v) is 16.5. The van der Waals surface area contributed by atoms with Crippen LogP contribution in [0, 0.1) is 0 Å². The van der Waals surface area contributed by atoms with Crippen LogP contribution in [0.1, 0.15) is 37.3 Å². The fourth-order valence-electron chi connectivity index (χ4n) is 2.87. The van der Waals surface area contributed by atoms with Gasteiger partial charge in [-0.2, -0.15) is 0 Å². The van der Waals surface area contributed by atoms with Gasteiger partial charge in [-0.05, 0) is 41.0 Å². The van der Waals surface area contributed by atoms with Crippen molar-refractivity contribution in [2.75, 3.05) is 7.11 Å². The Morgan fingerprint density at radius 2 is 1.71 bits per heavy atom. The predicted octanol–water partition coefficient (Wildman–Crippen LogP) is 5.24. The van der Waals surface area contributed by atoms with Gasteiger partial charge < -0.3 is 9.84 Å². The molecule has 3 aromatic rings. The summed E-state index contributed by atoms with van der Waals surface area (Å²) < 4.78 is 5.15. The number of benzene rings is 3. The maximum Gasteiger partial charge on any atom is 0.310 e. The molecule has 0 spiro atoms. The molecule has 1 unspecified atom stereocenters. The summed E-state index contributed by atoms with van der Waals surface area (Å²) in [5, 5.41) is 11.0. The topological polar surface area (TPSA) is 63.6 Å². The summed E-state index contributed by atoms with van der Waals surface area (Å²) in [6, 6.07) is 21.2. The standard InChI is InChI=1S/C14H14O3.C10H12O/c1-9(14(15)16)12-5-3-4-10-8-11(17-2)6-7-13(10)12;1-2-10(11)8-9-6-4-3-5-7-9/h3-9H,1-2H3,(H,15,16);3-7H,2,8H2,1H3. The number of ether oxygens (including phenoxy) is 1. The maximum absolute atomic E-state index is 11.0. The van der Waals surface area contributed by atoms with Crippen molar-refractivity contribution in [2.45, 2.75) is 32.6 Å². The fraction of sp³-hybridized carbons (Fsp3) is 0.250. The molecule has 0 fully saturated rings. The number of carbonyl (C=O) groups excluding carboxylic acids is 1. The highest BCUT2D eigenvalue weighted by Crippen LogP contribution is 2.28. The SMILES string of the molecule is CCC(=O)Cc1ccccc1.COc1ccc2c(C(C)C(=O)O)cccc2c1. The Hall–Kier alpha value is -3.14. The summed E-state index contributed by atoms with van der Waals surface area (Å²) in [7, 11) is 1.62. The maximum atomic E-state index is 11.0. The highest BCUT2D eigenvalue weighted by Gasteiger charge is 2.16. The quantitative estimate of drug-likeness (QED) is 0.637. The normalized spacial score (nSPS) is 11.2. The van der Waals surface area contributed by atoms with Crippen molar-refractivity contribution in [2.24, 2.45) is 0 Å². The first-order valence-corrected chi connectivity index (χ1v) is 9.31. The molecule has 0 aliphatic heterocycles. The van der Waals surface area contributed by atoms with E-state index in [0.29, 0.717) is 18.6 Å². The number of rotatable bonds is 6. The number of hydrogen-bond acceptors (Lipinski definition) is 3. The minimum absolute atomic E-state index is 0.302. The van der Waals surface area contributed by atoms with E-state index in [4.69, 9.17) is 9.84 Å². The van der Waals surface area contributed by atoms with Gasteiger partial charge in [0.05, 0.1) is 13.0 Å². The number of carbonyl (C=O) groups is 2. The molecular formula is C24H26O4. The lowest BCUT2D eigenvalue weighted by Crippen LogP contribution is -2.07. The Bertz CT molecular complexity index is 932. The number of carboxylic acid groups (broad SMARTS) is 1. The van der Waals surface area contributed by atoms with Gasteiger partial charge in [0.1, 0.15) is 11.5 Å². The molecule has 0 aromatic heterocycles. The largest absolute Gasteiger partial charge is 0.497 e. The van der Waals surface area contributed by atoms with Crippen LogP contribution < -0.4 is 4.74 Å². The number of aliphatic carboxylic acids is 1. The Morgan fingerprint density at radius 3 is 2.32 bits per heavy atom. The number of ketones is 1. The molecule has 0 aliphatic carbocycles. The van der Waals surface area contributed by atoms with Crippen molar-refractivity contribution in [1.29, 1.82) is 0 Å². The smallest absolute Gasteiger partial charge is 0.310 e. The van der Waals surface area contributed by atoms with Crippen molar-refractivity contribution < 1.29 is 19.4 Å². The zero-order valence-electron chi connectivity index (χ0n) is 16.5. The van der Waals surface area contributed by atoms with E-state index >= 15 is 0 Å². The second kappa shape index (κ2) is 10.3. The van der Waals surface area contributed by atoms with Crippen LogP contribution in [-0.2, 0) is 16.0 Å². The average Bonchev–Trinajstić information content (AvgIpc) is 2.73. The highest BCUT2D eigenvalue weighted by molar-refractivity contribution is 5.91. The summed E-state index contributed by atoms with van der Waals surface area (Å²) in [6.45, 7) is 3.59. The Morgan fingerprint density at radius 1 is 1.00 bits per heavy atom. The third-order valence-corrected chi connectivity index (χ3v) is 4.60. The van der Waals surface area contributed by atoms with E-state index in [1.165, 1.54) is 0 Å². The van der Waals surface area contributed by atoms with E-state index in [1.807, 2.05) is 73.7 Å². The molecule has 0 saturated carbocycles. The first kappa shape index (κ1) is 21.2. The summed E-state index contributed by atoms with van der Waals surface area (Å²) in [4.78, 5) is 22.0. The van der Waals surface area contributed by atoms with Gasteiger partial charge in [-0.1, -0.05) is 61.5 Å². The average molecular weight is 378 g/mol. The second-order valence-corrected chi connectivity index (χ2v) is 6.55. The highest BCUT2D eigenvalue weighted by atomic mass is 16.5.